The zero-order valence-corrected chi connectivity index (χ0v) is 17.6. The van der Waals surface area contributed by atoms with Crippen LogP contribution in [0, 0.1) is 12.7 Å². The van der Waals surface area contributed by atoms with Gasteiger partial charge in [-0.3, -0.25) is 9.36 Å². The molecule has 1 saturated heterocycles. The fraction of sp³-hybridized carbons (Fsp3) is 0.500. The van der Waals surface area contributed by atoms with E-state index in [1.54, 1.807) is 20.0 Å². The van der Waals surface area contributed by atoms with Crippen LogP contribution in [0.1, 0.15) is 33.3 Å². The second kappa shape index (κ2) is 10.2. The summed E-state index contributed by atoms with van der Waals surface area (Å²) in [6.07, 6.45) is 0. The molecule has 1 aromatic heterocycles. The lowest BCUT2D eigenvalue weighted by atomic mass is 10.2. The van der Waals surface area contributed by atoms with E-state index in [1.165, 1.54) is 25.2 Å². The first kappa shape index (κ1) is 23.6. The largest absolute Gasteiger partial charge is 0.374 e. The van der Waals surface area contributed by atoms with Crippen molar-refractivity contribution in [3.63, 3.8) is 0 Å². The van der Waals surface area contributed by atoms with Crippen LogP contribution in [-0.2, 0) is 16.5 Å². The molecule has 0 radical (unpaired) electrons. The lowest BCUT2D eigenvalue weighted by Crippen LogP contribution is -2.38. The summed E-state index contributed by atoms with van der Waals surface area (Å²) in [5.41, 5.74) is -0.182. The molecule has 0 aliphatic carbocycles. The number of aromatic nitrogens is 2. The van der Waals surface area contributed by atoms with Gasteiger partial charge in [0.2, 0.25) is 0 Å². The molecule has 2 aromatic rings. The van der Waals surface area contributed by atoms with E-state index in [0.717, 1.165) is 27.9 Å². The van der Waals surface area contributed by atoms with E-state index in [9.17, 15) is 14.0 Å². The van der Waals surface area contributed by atoms with Crippen molar-refractivity contribution in [3.05, 3.63) is 56.5 Å². The molecular weight excluding hydrogens is 365 g/mol. The summed E-state index contributed by atoms with van der Waals surface area (Å²) in [5.74, 6) is -0.576. The van der Waals surface area contributed by atoms with Gasteiger partial charge >= 0.3 is 5.69 Å². The maximum atomic E-state index is 14.0. The monoisotopic (exact) mass is 395 g/mol. The van der Waals surface area contributed by atoms with Gasteiger partial charge in [0.1, 0.15) is 11.6 Å². The Hall–Kier alpha value is -2.45. The Bertz CT molecular complexity index is 895. The van der Waals surface area contributed by atoms with Crippen molar-refractivity contribution in [3.8, 4) is 5.69 Å². The molecule has 2 heterocycles. The van der Waals surface area contributed by atoms with Crippen molar-refractivity contribution >= 4 is 5.82 Å². The Labute approximate surface area is 164 Å². The summed E-state index contributed by atoms with van der Waals surface area (Å²) >= 11 is 0. The van der Waals surface area contributed by atoms with Crippen LogP contribution in [0.15, 0.2) is 33.9 Å². The van der Waals surface area contributed by atoms with Crippen molar-refractivity contribution in [2.45, 2.75) is 40.4 Å². The Balaban J connectivity index is 0.000000363. The zero-order valence-electron chi connectivity index (χ0n) is 17.6. The first-order chi connectivity index (χ1) is 13.2. The number of rotatable bonds is 2. The van der Waals surface area contributed by atoms with Gasteiger partial charge in [-0.25, -0.2) is 13.8 Å². The molecule has 3 rings (SSSR count). The van der Waals surface area contributed by atoms with Crippen LogP contribution >= 0.6 is 0 Å². The second-order valence-electron chi connectivity index (χ2n) is 6.35. The fourth-order valence-electron chi connectivity index (χ4n) is 2.45. The van der Waals surface area contributed by atoms with Crippen LogP contribution < -0.4 is 16.6 Å². The molecule has 1 aromatic carbocycles. The lowest BCUT2D eigenvalue weighted by molar-refractivity contribution is -0.125. The minimum absolute atomic E-state index is 0.107. The van der Waals surface area contributed by atoms with E-state index in [-0.39, 0.29) is 17.3 Å². The SMILES string of the molecule is CC.CC1(C)OCCO1.CNc1cc(=O)n(C)c(=O)n1-c1ccc(C)cc1F. The zero-order chi connectivity index (χ0) is 21.5. The molecule has 0 amide bonds. The maximum Gasteiger partial charge on any atom is 0.337 e. The van der Waals surface area contributed by atoms with Crippen molar-refractivity contribution in [1.29, 1.82) is 0 Å². The van der Waals surface area contributed by atoms with Crippen molar-refractivity contribution in [2.24, 2.45) is 7.05 Å². The van der Waals surface area contributed by atoms with E-state index in [1.807, 2.05) is 27.7 Å². The van der Waals surface area contributed by atoms with Crippen LogP contribution in [-0.4, -0.2) is 35.2 Å². The number of benzene rings is 1. The summed E-state index contributed by atoms with van der Waals surface area (Å²) in [4.78, 5) is 23.7. The third-order valence-corrected chi connectivity index (χ3v) is 3.89. The second-order valence-corrected chi connectivity index (χ2v) is 6.35. The minimum Gasteiger partial charge on any atom is -0.374 e. The van der Waals surface area contributed by atoms with Gasteiger partial charge in [0.05, 0.1) is 18.9 Å². The molecule has 1 aliphatic heterocycles. The van der Waals surface area contributed by atoms with E-state index in [2.05, 4.69) is 5.32 Å². The predicted molar refractivity (Wildman–Crippen MR) is 109 cm³/mol. The topological polar surface area (TPSA) is 74.5 Å². The smallest absolute Gasteiger partial charge is 0.337 e. The molecule has 28 heavy (non-hydrogen) atoms. The molecular formula is C20H30FN3O4. The highest BCUT2D eigenvalue weighted by molar-refractivity contribution is 5.46. The average molecular weight is 395 g/mol. The van der Waals surface area contributed by atoms with E-state index in [4.69, 9.17) is 9.47 Å². The van der Waals surface area contributed by atoms with Crippen molar-refractivity contribution in [2.75, 3.05) is 25.6 Å². The molecule has 1 N–H and O–H groups in total. The number of nitrogens with zero attached hydrogens (tertiary/aromatic N) is 2. The van der Waals surface area contributed by atoms with E-state index >= 15 is 0 Å². The van der Waals surface area contributed by atoms with Gasteiger partial charge in [0.25, 0.3) is 5.56 Å². The normalized spacial score (nSPS) is 14.4. The first-order valence-electron chi connectivity index (χ1n) is 9.21. The third kappa shape index (κ3) is 5.77. The first-order valence-corrected chi connectivity index (χ1v) is 9.21. The molecule has 156 valence electrons. The molecule has 0 spiro atoms. The highest BCUT2D eigenvalue weighted by atomic mass is 19.1. The fourth-order valence-corrected chi connectivity index (χ4v) is 2.45. The van der Waals surface area contributed by atoms with Gasteiger partial charge in [-0.2, -0.15) is 0 Å². The number of anilines is 1. The molecule has 0 saturated carbocycles. The molecule has 8 heteroatoms. The molecule has 1 fully saturated rings. The van der Waals surface area contributed by atoms with Crippen molar-refractivity contribution in [1.82, 2.24) is 9.13 Å². The summed E-state index contributed by atoms with van der Waals surface area (Å²) < 4.78 is 26.3. The van der Waals surface area contributed by atoms with Crippen LogP contribution in [0.5, 0.6) is 0 Å². The van der Waals surface area contributed by atoms with Gasteiger partial charge in [-0.1, -0.05) is 19.9 Å². The highest BCUT2D eigenvalue weighted by Crippen LogP contribution is 2.17. The molecule has 7 nitrogen and oxygen atoms in total. The number of hydrogen-bond acceptors (Lipinski definition) is 5. The Morgan fingerprint density at radius 1 is 1.11 bits per heavy atom. The quantitative estimate of drug-likeness (QED) is 0.846. The standard InChI is InChI=1S/C13H14FN3O2.C5H10O2.C2H6/c1-8-4-5-10(9(14)6-8)17-11(15-2)7-12(18)16(3)13(17)19;1-5(2)6-3-4-7-5;1-2/h4-7,15H,1-3H3;3-4H2,1-2H3;1-2H3. The molecule has 0 bridgehead atoms. The third-order valence-electron chi connectivity index (χ3n) is 3.89. The molecule has 1 aliphatic rings. The Morgan fingerprint density at radius 3 is 2.11 bits per heavy atom. The van der Waals surface area contributed by atoms with Gasteiger partial charge in [0.15, 0.2) is 5.79 Å². The number of aryl methyl sites for hydroxylation is 1. The summed E-state index contributed by atoms with van der Waals surface area (Å²) in [6, 6.07) is 5.81. The van der Waals surface area contributed by atoms with Crippen LogP contribution in [0.25, 0.3) is 5.69 Å². The van der Waals surface area contributed by atoms with Crippen molar-refractivity contribution < 1.29 is 13.9 Å². The Morgan fingerprint density at radius 2 is 1.68 bits per heavy atom. The van der Waals surface area contributed by atoms with Crippen LogP contribution in [0.3, 0.4) is 0 Å². The number of ether oxygens (including phenoxy) is 2. The van der Waals surface area contributed by atoms with Gasteiger partial charge in [-0.15, -0.1) is 0 Å². The number of halogens is 1. The number of nitrogens with one attached hydrogen (secondary N) is 1. The van der Waals surface area contributed by atoms with E-state index < -0.39 is 17.1 Å². The highest BCUT2D eigenvalue weighted by Gasteiger charge is 2.23. The van der Waals surface area contributed by atoms with Gasteiger partial charge < -0.3 is 14.8 Å². The molecule has 0 atom stereocenters. The predicted octanol–water partition coefficient (Wildman–Crippen LogP) is 2.82. The van der Waals surface area contributed by atoms with Gasteiger partial charge in [0, 0.05) is 20.2 Å². The van der Waals surface area contributed by atoms with Gasteiger partial charge in [-0.05, 0) is 38.5 Å². The maximum absolute atomic E-state index is 14.0. The minimum atomic E-state index is -0.598. The Kier molecular flexibility index (Phi) is 8.59. The van der Waals surface area contributed by atoms with E-state index in [0.29, 0.717) is 0 Å². The summed E-state index contributed by atoms with van der Waals surface area (Å²) in [6.45, 7) is 11.1. The average Bonchev–Trinajstić information content (AvgIpc) is 3.06. The number of hydrogen-bond donors (Lipinski definition) is 1. The van der Waals surface area contributed by atoms with Crippen LogP contribution in [0.4, 0.5) is 10.2 Å². The summed E-state index contributed by atoms with van der Waals surface area (Å²) in [5, 5.41) is 2.73. The summed E-state index contributed by atoms with van der Waals surface area (Å²) in [7, 11) is 2.92. The molecule has 0 unspecified atom stereocenters. The lowest BCUT2D eigenvalue weighted by Gasteiger charge is -2.14. The van der Waals surface area contributed by atoms with Crippen LogP contribution in [0.2, 0.25) is 0 Å².